The number of furan rings is 1. The van der Waals surface area contributed by atoms with Crippen LogP contribution in [-0.4, -0.2) is 36.6 Å². The summed E-state index contributed by atoms with van der Waals surface area (Å²) in [5.41, 5.74) is 0.357. The average molecular weight is 353 g/mol. The molecular weight excluding hydrogens is 335 g/mol. The zero-order valence-electron chi connectivity index (χ0n) is 13.7. The second-order valence-corrected chi connectivity index (χ2v) is 6.04. The molecule has 0 N–H and O–H groups in total. The molecule has 1 aliphatic heterocycles. The van der Waals surface area contributed by atoms with E-state index in [-0.39, 0.29) is 12.0 Å². The third-order valence-electron chi connectivity index (χ3n) is 4.23. The van der Waals surface area contributed by atoms with E-state index in [9.17, 15) is 18.0 Å². The number of halogens is 3. The fraction of sp³-hybridized carbons (Fsp3) is 0.389. The largest absolute Gasteiger partial charge is 0.469 e. The van der Waals surface area contributed by atoms with Crippen molar-refractivity contribution >= 4 is 5.91 Å². The summed E-state index contributed by atoms with van der Waals surface area (Å²) < 4.78 is 49.2. The molecule has 1 aromatic carbocycles. The van der Waals surface area contributed by atoms with Gasteiger partial charge in [0, 0.05) is 19.5 Å². The van der Waals surface area contributed by atoms with E-state index >= 15 is 0 Å². The minimum Gasteiger partial charge on any atom is -0.469 e. The van der Waals surface area contributed by atoms with Gasteiger partial charge in [-0.05, 0) is 24.6 Å². The maximum absolute atomic E-state index is 12.8. The van der Waals surface area contributed by atoms with Gasteiger partial charge in [0.05, 0.1) is 30.1 Å². The Morgan fingerprint density at radius 3 is 2.80 bits per heavy atom. The predicted octanol–water partition coefficient (Wildman–Crippen LogP) is 3.69. The van der Waals surface area contributed by atoms with Gasteiger partial charge >= 0.3 is 6.18 Å². The highest BCUT2D eigenvalue weighted by Gasteiger charge is 2.31. The number of ether oxygens (including phenoxy) is 1. The minimum atomic E-state index is -4.37. The molecule has 0 spiro atoms. The molecule has 134 valence electrons. The highest BCUT2D eigenvalue weighted by atomic mass is 19.4. The van der Waals surface area contributed by atoms with Crippen LogP contribution in [0.25, 0.3) is 0 Å². The van der Waals surface area contributed by atoms with Crippen molar-refractivity contribution in [2.75, 3.05) is 19.7 Å². The first-order valence-corrected chi connectivity index (χ1v) is 7.95. The van der Waals surface area contributed by atoms with Crippen molar-refractivity contribution < 1.29 is 27.1 Å². The second kappa shape index (κ2) is 6.92. The number of benzene rings is 1. The summed E-state index contributed by atoms with van der Waals surface area (Å²) in [4.78, 5) is 14.2. The van der Waals surface area contributed by atoms with E-state index in [1.165, 1.54) is 12.3 Å². The summed E-state index contributed by atoms with van der Waals surface area (Å²) in [5.74, 6) is 0.398. The zero-order valence-corrected chi connectivity index (χ0v) is 13.7. The van der Waals surface area contributed by atoms with Crippen LogP contribution in [0.2, 0.25) is 0 Å². The van der Waals surface area contributed by atoms with Gasteiger partial charge in [-0.2, -0.15) is 13.2 Å². The van der Waals surface area contributed by atoms with Crippen molar-refractivity contribution in [3.8, 4) is 0 Å². The normalized spacial score (nSPS) is 18.4. The van der Waals surface area contributed by atoms with E-state index in [0.29, 0.717) is 43.0 Å². The molecule has 0 saturated carbocycles. The van der Waals surface area contributed by atoms with Crippen molar-refractivity contribution in [3.05, 3.63) is 59.0 Å². The van der Waals surface area contributed by atoms with Crippen LogP contribution in [-0.2, 0) is 17.3 Å². The summed E-state index contributed by atoms with van der Waals surface area (Å²) in [6.07, 6.45) is -2.93. The Labute approximate surface area is 143 Å². The van der Waals surface area contributed by atoms with Gasteiger partial charge in [-0.1, -0.05) is 18.2 Å². The van der Waals surface area contributed by atoms with Gasteiger partial charge in [0.25, 0.3) is 5.91 Å². The molecule has 7 heteroatoms. The third-order valence-corrected chi connectivity index (χ3v) is 4.23. The van der Waals surface area contributed by atoms with E-state index in [0.717, 1.165) is 12.1 Å². The van der Waals surface area contributed by atoms with Gasteiger partial charge in [-0.25, -0.2) is 0 Å². The van der Waals surface area contributed by atoms with Crippen molar-refractivity contribution in [2.24, 2.45) is 0 Å². The lowest BCUT2D eigenvalue weighted by Gasteiger charge is -2.33. The molecule has 25 heavy (non-hydrogen) atoms. The van der Waals surface area contributed by atoms with E-state index in [1.807, 2.05) is 0 Å². The van der Waals surface area contributed by atoms with Gasteiger partial charge < -0.3 is 14.1 Å². The second-order valence-electron chi connectivity index (χ2n) is 6.04. The van der Waals surface area contributed by atoms with Gasteiger partial charge in [-0.3, -0.25) is 4.79 Å². The molecule has 1 saturated heterocycles. The molecule has 1 aromatic heterocycles. The van der Waals surface area contributed by atoms with Gasteiger partial charge in [0.1, 0.15) is 5.76 Å². The highest BCUT2D eigenvalue weighted by Crippen LogP contribution is 2.30. The number of aryl methyl sites for hydroxylation is 1. The number of nitrogens with zero attached hydrogens (tertiary/aromatic N) is 1. The summed E-state index contributed by atoms with van der Waals surface area (Å²) in [6.45, 7) is 2.85. The molecule has 0 radical (unpaired) electrons. The smallest absolute Gasteiger partial charge is 0.416 e. The lowest BCUT2D eigenvalue weighted by Crippen LogP contribution is -2.46. The van der Waals surface area contributed by atoms with E-state index < -0.39 is 11.7 Å². The number of amides is 1. The van der Waals surface area contributed by atoms with Crippen LogP contribution in [0.15, 0.2) is 41.0 Å². The summed E-state index contributed by atoms with van der Waals surface area (Å²) >= 11 is 0. The molecule has 3 rings (SSSR count). The minimum absolute atomic E-state index is 0.149. The van der Waals surface area contributed by atoms with Crippen LogP contribution in [0, 0.1) is 6.92 Å². The number of carbonyl (C=O) groups excluding carboxylic acids is 1. The van der Waals surface area contributed by atoms with Crippen LogP contribution in [0.4, 0.5) is 13.2 Å². The molecular formula is C18H18F3NO3. The van der Waals surface area contributed by atoms with E-state index in [2.05, 4.69) is 0 Å². The molecule has 1 aliphatic rings. The molecule has 4 nitrogen and oxygen atoms in total. The Morgan fingerprint density at radius 1 is 1.32 bits per heavy atom. The van der Waals surface area contributed by atoms with Gasteiger partial charge in [-0.15, -0.1) is 0 Å². The van der Waals surface area contributed by atoms with Crippen LogP contribution < -0.4 is 0 Å². The van der Waals surface area contributed by atoms with Crippen LogP contribution in [0.5, 0.6) is 0 Å². The van der Waals surface area contributed by atoms with Gasteiger partial charge in [0.15, 0.2) is 0 Å². The molecule has 0 bridgehead atoms. The molecule has 2 aromatic rings. The predicted molar refractivity (Wildman–Crippen MR) is 84.2 cm³/mol. The molecule has 1 fully saturated rings. The Hall–Kier alpha value is -2.28. The molecule has 1 atom stereocenters. The summed E-state index contributed by atoms with van der Waals surface area (Å²) in [6, 6.07) is 6.82. The van der Waals surface area contributed by atoms with E-state index in [4.69, 9.17) is 9.15 Å². The molecule has 2 heterocycles. The van der Waals surface area contributed by atoms with Crippen molar-refractivity contribution in [3.63, 3.8) is 0 Å². The van der Waals surface area contributed by atoms with Gasteiger partial charge in [0.2, 0.25) is 0 Å². The van der Waals surface area contributed by atoms with Crippen LogP contribution in [0.3, 0.4) is 0 Å². The third kappa shape index (κ3) is 4.04. The first-order chi connectivity index (χ1) is 11.8. The molecule has 0 unspecified atom stereocenters. The Kier molecular flexibility index (Phi) is 4.85. The van der Waals surface area contributed by atoms with Crippen molar-refractivity contribution in [1.29, 1.82) is 0 Å². The Morgan fingerprint density at radius 2 is 2.12 bits per heavy atom. The number of hydrogen-bond donors (Lipinski definition) is 0. The maximum atomic E-state index is 12.8. The first-order valence-electron chi connectivity index (χ1n) is 7.95. The van der Waals surface area contributed by atoms with E-state index in [1.54, 1.807) is 24.0 Å². The summed E-state index contributed by atoms with van der Waals surface area (Å²) in [5, 5.41) is 0. The topological polar surface area (TPSA) is 42.7 Å². The zero-order chi connectivity index (χ0) is 18.0. The lowest BCUT2D eigenvalue weighted by molar-refractivity contribution is -0.137. The maximum Gasteiger partial charge on any atom is 0.416 e. The molecule has 1 amide bonds. The number of hydrogen-bond acceptors (Lipinski definition) is 3. The highest BCUT2D eigenvalue weighted by molar-refractivity contribution is 5.95. The summed E-state index contributed by atoms with van der Waals surface area (Å²) in [7, 11) is 0. The Balaban J connectivity index is 1.68. The number of alkyl halides is 3. The average Bonchev–Trinajstić information content (AvgIpc) is 3.00. The quantitative estimate of drug-likeness (QED) is 0.845. The fourth-order valence-corrected chi connectivity index (χ4v) is 2.94. The first kappa shape index (κ1) is 17.5. The number of carbonyl (C=O) groups is 1. The fourth-order valence-electron chi connectivity index (χ4n) is 2.94. The molecule has 0 aliphatic carbocycles. The number of rotatable bonds is 3. The lowest BCUT2D eigenvalue weighted by atomic mass is 10.0. The monoisotopic (exact) mass is 353 g/mol. The van der Waals surface area contributed by atoms with Crippen molar-refractivity contribution in [1.82, 2.24) is 4.90 Å². The van der Waals surface area contributed by atoms with Crippen molar-refractivity contribution in [2.45, 2.75) is 25.6 Å². The Bertz CT molecular complexity index is 754. The number of morpholine rings is 1. The van der Waals surface area contributed by atoms with Crippen LogP contribution >= 0.6 is 0 Å². The van der Waals surface area contributed by atoms with Crippen LogP contribution in [0.1, 0.15) is 27.2 Å². The standard InChI is InChI=1S/C18H18F3NO3/c1-12-16(5-7-24-12)17(23)22-6-8-25-15(11-22)10-13-3-2-4-14(9-13)18(19,20)21/h2-5,7,9,15H,6,8,10-11H2,1H3/t15-/m1/s1. The SMILES string of the molecule is Cc1occc1C(=O)N1CCO[C@H](Cc2cccc(C(F)(F)F)c2)C1.